The van der Waals surface area contributed by atoms with Gasteiger partial charge in [0.05, 0.1) is 11.6 Å². The molecule has 1 heterocycles. The molecule has 4 nitrogen and oxygen atoms in total. The van der Waals surface area contributed by atoms with Crippen LogP contribution in [-0.4, -0.2) is 41.9 Å². The van der Waals surface area contributed by atoms with E-state index in [0.29, 0.717) is 24.2 Å². The molecule has 0 aliphatic carbocycles. The van der Waals surface area contributed by atoms with Gasteiger partial charge in [0.25, 0.3) is 5.91 Å². The van der Waals surface area contributed by atoms with E-state index in [1.165, 1.54) is 0 Å². The van der Waals surface area contributed by atoms with Gasteiger partial charge in [-0.2, -0.15) is 5.26 Å². The predicted octanol–water partition coefficient (Wildman–Crippen LogP) is 3.73. The number of hydrogen-bond acceptors (Lipinski definition) is 3. The second-order valence-corrected chi connectivity index (χ2v) is 6.62. The van der Waals surface area contributed by atoms with Crippen molar-refractivity contribution in [2.24, 2.45) is 0 Å². The lowest BCUT2D eigenvalue weighted by Crippen LogP contribution is -2.49. The number of rotatable bonds is 3. The Morgan fingerprint density at radius 2 is 1.72 bits per heavy atom. The van der Waals surface area contributed by atoms with Gasteiger partial charge in [-0.05, 0) is 42.8 Å². The Balaban J connectivity index is 1.62. The van der Waals surface area contributed by atoms with Crippen LogP contribution in [-0.2, 0) is 0 Å². The third-order valence-corrected chi connectivity index (χ3v) is 5.11. The van der Waals surface area contributed by atoms with E-state index in [1.807, 2.05) is 23.1 Å². The maximum atomic E-state index is 12.6. The zero-order valence-corrected chi connectivity index (χ0v) is 14.9. The number of nitriles is 1. The van der Waals surface area contributed by atoms with Crippen LogP contribution < -0.4 is 0 Å². The van der Waals surface area contributed by atoms with Crippen LogP contribution in [0.25, 0.3) is 0 Å². The third kappa shape index (κ3) is 3.84. The van der Waals surface area contributed by atoms with Gasteiger partial charge in [-0.25, -0.2) is 0 Å². The summed E-state index contributed by atoms with van der Waals surface area (Å²) in [6.45, 7) is 5.16. The van der Waals surface area contributed by atoms with Crippen LogP contribution in [0.15, 0.2) is 48.5 Å². The predicted molar refractivity (Wildman–Crippen MR) is 98.5 cm³/mol. The lowest BCUT2D eigenvalue weighted by molar-refractivity contribution is 0.0582. The van der Waals surface area contributed by atoms with Crippen molar-refractivity contribution in [2.45, 2.75) is 13.0 Å². The number of benzene rings is 2. The molecule has 1 amide bonds. The van der Waals surface area contributed by atoms with Crippen LogP contribution in [0.1, 0.15) is 34.5 Å². The van der Waals surface area contributed by atoms with Gasteiger partial charge in [-0.15, -0.1) is 0 Å². The van der Waals surface area contributed by atoms with E-state index >= 15 is 0 Å². The summed E-state index contributed by atoms with van der Waals surface area (Å²) in [7, 11) is 0. The first kappa shape index (κ1) is 17.5. The van der Waals surface area contributed by atoms with E-state index < -0.39 is 0 Å². The van der Waals surface area contributed by atoms with Gasteiger partial charge < -0.3 is 4.90 Å². The van der Waals surface area contributed by atoms with Crippen LogP contribution >= 0.6 is 11.6 Å². The lowest BCUT2D eigenvalue weighted by Gasteiger charge is -2.38. The number of carbonyl (C=O) groups is 1. The highest BCUT2D eigenvalue weighted by atomic mass is 35.5. The smallest absolute Gasteiger partial charge is 0.253 e. The van der Waals surface area contributed by atoms with E-state index in [1.54, 1.807) is 24.3 Å². The molecule has 1 aliphatic heterocycles. The number of halogens is 1. The summed E-state index contributed by atoms with van der Waals surface area (Å²) in [6.07, 6.45) is 0. The maximum Gasteiger partial charge on any atom is 0.253 e. The van der Waals surface area contributed by atoms with E-state index in [9.17, 15) is 4.79 Å². The Hall–Kier alpha value is -2.35. The molecule has 2 aromatic rings. The first-order valence-corrected chi connectivity index (χ1v) is 8.76. The van der Waals surface area contributed by atoms with Gasteiger partial charge in [-0.1, -0.05) is 29.8 Å². The summed E-state index contributed by atoms with van der Waals surface area (Å²) in [4.78, 5) is 16.8. The number of piperazine rings is 1. The van der Waals surface area contributed by atoms with Gasteiger partial charge in [-0.3, -0.25) is 9.69 Å². The minimum absolute atomic E-state index is 0.0227. The van der Waals surface area contributed by atoms with Gasteiger partial charge in [0.1, 0.15) is 0 Å². The Morgan fingerprint density at radius 1 is 1.08 bits per heavy atom. The zero-order chi connectivity index (χ0) is 17.8. The standard InChI is InChI=1S/C20H20ClN3O/c1-15(18-4-2-3-5-19(18)21)23-10-12-24(13-11-23)20(25)17-8-6-16(14-22)7-9-17/h2-9,15H,10-13H2,1H3. The number of carbonyl (C=O) groups excluding carboxylic acids is 1. The summed E-state index contributed by atoms with van der Waals surface area (Å²) >= 11 is 6.31. The first-order valence-electron chi connectivity index (χ1n) is 8.38. The quantitative estimate of drug-likeness (QED) is 0.844. The van der Waals surface area contributed by atoms with Crippen LogP contribution in [0.5, 0.6) is 0 Å². The Morgan fingerprint density at radius 3 is 2.32 bits per heavy atom. The van der Waals surface area contributed by atoms with Crippen LogP contribution in [0.3, 0.4) is 0 Å². The normalized spacial score (nSPS) is 16.3. The monoisotopic (exact) mass is 353 g/mol. The van der Waals surface area contributed by atoms with Crippen molar-refractivity contribution >= 4 is 17.5 Å². The molecular formula is C20H20ClN3O. The van der Waals surface area contributed by atoms with Gasteiger partial charge in [0.15, 0.2) is 0 Å². The molecular weight excluding hydrogens is 334 g/mol. The van der Waals surface area contributed by atoms with Crippen LogP contribution in [0.2, 0.25) is 5.02 Å². The molecule has 5 heteroatoms. The number of nitrogens with zero attached hydrogens (tertiary/aromatic N) is 3. The number of amides is 1. The molecule has 0 spiro atoms. The second-order valence-electron chi connectivity index (χ2n) is 6.21. The van der Waals surface area contributed by atoms with Crippen molar-refractivity contribution < 1.29 is 4.79 Å². The maximum absolute atomic E-state index is 12.6. The lowest BCUT2D eigenvalue weighted by atomic mass is 10.1. The fourth-order valence-electron chi connectivity index (χ4n) is 3.19. The molecule has 0 bridgehead atoms. The molecule has 1 aliphatic rings. The topological polar surface area (TPSA) is 47.3 Å². The largest absolute Gasteiger partial charge is 0.336 e. The SMILES string of the molecule is CC(c1ccccc1Cl)N1CCN(C(=O)c2ccc(C#N)cc2)CC1. The van der Waals surface area contributed by atoms with Crippen molar-refractivity contribution in [1.82, 2.24) is 9.80 Å². The molecule has 2 aromatic carbocycles. The molecule has 3 rings (SSSR count). The Bertz CT molecular complexity index is 789. The summed E-state index contributed by atoms with van der Waals surface area (Å²) in [5.41, 5.74) is 2.32. The summed E-state index contributed by atoms with van der Waals surface area (Å²) in [5, 5.41) is 9.63. The molecule has 1 saturated heterocycles. The minimum Gasteiger partial charge on any atom is -0.336 e. The van der Waals surface area contributed by atoms with Gasteiger partial charge in [0, 0.05) is 42.8 Å². The fraction of sp³-hybridized carbons (Fsp3) is 0.300. The Labute approximate surface area is 153 Å². The van der Waals surface area contributed by atoms with E-state index in [2.05, 4.69) is 24.0 Å². The van der Waals surface area contributed by atoms with Crippen molar-refractivity contribution in [3.05, 3.63) is 70.2 Å². The molecule has 128 valence electrons. The average Bonchev–Trinajstić information content (AvgIpc) is 2.67. The Kier molecular flexibility index (Phi) is 5.37. The van der Waals surface area contributed by atoms with Gasteiger partial charge in [0.2, 0.25) is 0 Å². The third-order valence-electron chi connectivity index (χ3n) is 4.77. The molecule has 1 fully saturated rings. The van der Waals surface area contributed by atoms with E-state index in [4.69, 9.17) is 16.9 Å². The molecule has 25 heavy (non-hydrogen) atoms. The highest BCUT2D eigenvalue weighted by molar-refractivity contribution is 6.31. The van der Waals surface area contributed by atoms with Crippen molar-refractivity contribution in [3.8, 4) is 6.07 Å². The minimum atomic E-state index is 0.0227. The molecule has 1 unspecified atom stereocenters. The van der Waals surface area contributed by atoms with Crippen LogP contribution in [0, 0.1) is 11.3 Å². The highest BCUT2D eigenvalue weighted by Gasteiger charge is 2.26. The summed E-state index contributed by atoms with van der Waals surface area (Å²) < 4.78 is 0. The molecule has 1 atom stereocenters. The van der Waals surface area contributed by atoms with Crippen LogP contribution in [0.4, 0.5) is 0 Å². The fourth-order valence-corrected chi connectivity index (χ4v) is 3.49. The highest BCUT2D eigenvalue weighted by Crippen LogP contribution is 2.28. The second kappa shape index (κ2) is 7.69. The summed E-state index contributed by atoms with van der Waals surface area (Å²) in [5.74, 6) is 0.0227. The van der Waals surface area contributed by atoms with Crippen molar-refractivity contribution in [2.75, 3.05) is 26.2 Å². The van der Waals surface area contributed by atoms with Crippen molar-refractivity contribution in [1.29, 1.82) is 5.26 Å². The van der Waals surface area contributed by atoms with E-state index in [0.717, 1.165) is 23.7 Å². The molecule has 0 radical (unpaired) electrons. The zero-order valence-electron chi connectivity index (χ0n) is 14.2. The van der Waals surface area contributed by atoms with Crippen molar-refractivity contribution in [3.63, 3.8) is 0 Å². The molecule has 0 saturated carbocycles. The molecule has 0 aromatic heterocycles. The molecule has 0 N–H and O–H groups in total. The number of hydrogen-bond donors (Lipinski definition) is 0. The summed E-state index contributed by atoms with van der Waals surface area (Å²) in [6, 6.07) is 17.0. The van der Waals surface area contributed by atoms with E-state index in [-0.39, 0.29) is 11.9 Å². The van der Waals surface area contributed by atoms with Gasteiger partial charge >= 0.3 is 0 Å². The average molecular weight is 354 g/mol. The first-order chi connectivity index (χ1) is 12.1.